The highest BCUT2D eigenvalue weighted by Crippen LogP contribution is 2.67. The molecular weight excluding hydrogens is 488 g/mol. The van der Waals surface area contributed by atoms with Crippen LogP contribution in [0.3, 0.4) is 0 Å². The fourth-order valence-electron chi connectivity index (χ4n) is 8.94. The largest absolute Gasteiger partial charge is 0.467 e. The molecule has 1 aliphatic heterocycles. The number of Topliss-reactive ketones (excluding diaryl/α,β-unsaturated/α-hetero) is 1. The summed E-state index contributed by atoms with van der Waals surface area (Å²) in [4.78, 5) is 43.8. The topological polar surface area (TPSA) is 126 Å². The second kappa shape index (κ2) is 9.73. The molecule has 5 aliphatic rings. The Kier molecular flexibility index (Phi) is 7.00. The smallest absolute Gasteiger partial charge is 0.328 e. The molecule has 2 N–H and O–H groups in total. The molecule has 0 radical (unpaired) electrons. The Bertz CT molecular complexity index is 1070. The van der Waals surface area contributed by atoms with Crippen LogP contribution in [-0.2, 0) is 24.0 Å². The number of aliphatic hydroxyl groups is 2. The summed E-state index contributed by atoms with van der Waals surface area (Å²) in [5, 5.41) is 25.5. The molecule has 0 unspecified atom stereocenters. The van der Waals surface area contributed by atoms with Crippen molar-refractivity contribution in [3.05, 3.63) is 11.6 Å². The van der Waals surface area contributed by atoms with Gasteiger partial charge in [-0.05, 0) is 87.5 Å². The van der Waals surface area contributed by atoms with Crippen molar-refractivity contribution in [1.29, 1.82) is 0 Å². The lowest BCUT2D eigenvalue weighted by Crippen LogP contribution is -2.57. The minimum Gasteiger partial charge on any atom is -0.467 e. The van der Waals surface area contributed by atoms with Crippen LogP contribution < -0.4 is 0 Å². The van der Waals surface area contributed by atoms with Crippen LogP contribution in [0.2, 0.25) is 0 Å². The summed E-state index contributed by atoms with van der Waals surface area (Å²) >= 11 is 0. The Morgan fingerprint density at radius 2 is 1.84 bits per heavy atom. The number of carbonyl (C=O) groups is 3. The summed E-state index contributed by atoms with van der Waals surface area (Å²) in [5.41, 5.74) is 0.746. The minimum atomic E-state index is -1.19. The first-order chi connectivity index (χ1) is 17.9. The van der Waals surface area contributed by atoms with E-state index in [9.17, 15) is 24.6 Å². The van der Waals surface area contributed by atoms with E-state index in [1.807, 2.05) is 0 Å². The van der Waals surface area contributed by atoms with E-state index >= 15 is 0 Å². The zero-order chi connectivity index (χ0) is 27.5. The number of hydrogen-bond donors (Lipinski definition) is 2. The van der Waals surface area contributed by atoms with Crippen LogP contribution in [0, 0.1) is 28.6 Å². The molecule has 1 amide bonds. The molecule has 9 heteroatoms. The second-order valence-corrected chi connectivity index (χ2v) is 12.7. The number of β-amino-alcohol motifs (C(OH)–C–C–N with tert-alkyl or cyclic N) is 1. The molecule has 1 saturated heterocycles. The number of fused-ring (bicyclic) bond motifs is 5. The minimum absolute atomic E-state index is 0.0649. The fraction of sp³-hybridized carbons (Fsp3) is 0.793. The van der Waals surface area contributed by atoms with Gasteiger partial charge in [-0.1, -0.05) is 24.6 Å². The van der Waals surface area contributed by atoms with E-state index in [1.54, 1.807) is 6.92 Å². The number of rotatable bonds is 5. The molecule has 4 aliphatic carbocycles. The van der Waals surface area contributed by atoms with Gasteiger partial charge in [0.05, 0.1) is 18.9 Å². The number of oxime groups is 1. The van der Waals surface area contributed by atoms with Crippen molar-refractivity contribution < 1.29 is 34.2 Å². The summed E-state index contributed by atoms with van der Waals surface area (Å²) < 4.78 is 4.76. The first-order valence-electron chi connectivity index (χ1n) is 14.1. The van der Waals surface area contributed by atoms with Crippen LogP contribution in [0.5, 0.6) is 0 Å². The first kappa shape index (κ1) is 27.3. The van der Waals surface area contributed by atoms with Crippen LogP contribution in [0.1, 0.15) is 78.6 Å². The van der Waals surface area contributed by atoms with Crippen LogP contribution in [0.15, 0.2) is 16.8 Å². The number of aliphatic hydroxyl groups excluding tert-OH is 1. The van der Waals surface area contributed by atoms with E-state index in [0.717, 1.165) is 50.7 Å². The van der Waals surface area contributed by atoms with Crippen molar-refractivity contribution in [2.24, 2.45) is 33.7 Å². The van der Waals surface area contributed by atoms with Crippen molar-refractivity contribution >= 4 is 23.4 Å². The fourth-order valence-corrected chi connectivity index (χ4v) is 8.94. The molecule has 210 valence electrons. The third kappa shape index (κ3) is 4.12. The number of ether oxygens (including phenoxy) is 1. The predicted octanol–water partition coefficient (Wildman–Crippen LogP) is 2.78. The lowest BCUT2D eigenvalue weighted by molar-refractivity contribution is -0.159. The highest BCUT2D eigenvalue weighted by atomic mass is 16.6. The van der Waals surface area contributed by atoms with E-state index in [0.29, 0.717) is 24.2 Å². The van der Waals surface area contributed by atoms with Gasteiger partial charge in [0.25, 0.3) is 5.91 Å². The molecule has 9 nitrogen and oxygen atoms in total. The van der Waals surface area contributed by atoms with Crippen LogP contribution in [0.25, 0.3) is 0 Å². The van der Waals surface area contributed by atoms with E-state index in [4.69, 9.17) is 9.57 Å². The molecule has 1 heterocycles. The molecule has 0 spiro atoms. The summed E-state index contributed by atoms with van der Waals surface area (Å²) in [5.74, 6) is 0.381. The number of ketones is 1. The SMILES string of the molecule is COC(=O)[C@H]1C[C@H](O)CN1C(=O)CO/N=C1\C=C2CC[C@@H]3[C@H](CC[C@@]4(C)[C@H]3CC[C@]4(O)C(C)=O)[C@@]2(C)CC1. The highest BCUT2D eigenvalue weighted by molar-refractivity contribution is 5.96. The van der Waals surface area contributed by atoms with Crippen molar-refractivity contribution in [1.82, 2.24) is 4.90 Å². The number of hydrogen-bond acceptors (Lipinski definition) is 8. The van der Waals surface area contributed by atoms with Gasteiger partial charge in [-0.15, -0.1) is 0 Å². The number of amides is 1. The summed E-state index contributed by atoms with van der Waals surface area (Å²) in [6.07, 6.45) is 8.67. The standard InChI is InChI=1S/C29H42N2O7/c1-17(32)29(36)12-9-23-21-6-5-18-13-19(7-10-27(18,2)22(21)8-11-28(23,29)3)30-38-16-25(34)31-15-20(33)14-24(31)26(35)37-4/h13,20-24,33,36H,5-12,14-16H2,1-4H3/b30-19-/t20-,21+,22-,23-,24+,27-,28-,29-/m0/s1. The molecule has 8 atom stereocenters. The third-order valence-corrected chi connectivity index (χ3v) is 11.2. The van der Waals surface area contributed by atoms with E-state index in [-0.39, 0.29) is 36.2 Å². The summed E-state index contributed by atoms with van der Waals surface area (Å²) in [7, 11) is 1.27. The Morgan fingerprint density at radius 1 is 1.11 bits per heavy atom. The van der Waals surface area contributed by atoms with Crippen LogP contribution in [-0.4, -0.2) is 76.5 Å². The van der Waals surface area contributed by atoms with Gasteiger partial charge in [-0.2, -0.15) is 0 Å². The lowest BCUT2D eigenvalue weighted by atomic mass is 9.46. The van der Waals surface area contributed by atoms with Gasteiger partial charge in [0, 0.05) is 18.4 Å². The Hall–Kier alpha value is -2.26. The molecule has 0 aromatic carbocycles. The maximum Gasteiger partial charge on any atom is 0.328 e. The number of esters is 1. The number of nitrogens with zero attached hydrogens (tertiary/aromatic N) is 2. The normalized spacial score (nSPS) is 43.1. The quantitative estimate of drug-likeness (QED) is 0.414. The molecule has 0 aromatic rings. The molecule has 38 heavy (non-hydrogen) atoms. The summed E-state index contributed by atoms with van der Waals surface area (Å²) in [6, 6.07) is -0.796. The Balaban J connectivity index is 1.25. The molecule has 5 rings (SSSR count). The van der Waals surface area contributed by atoms with Crippen molar-refractivity contribution in [3.63, 3.8) is 0 Å². The lowest BCUT2D eigenvalue weighted by Gasteiger charge is -2.59. The van der Waals surface area contributed by atoms with Gasteiger partial charge >= 0.3 is 5.97 Å². The van der Waals surface area contributed by atoms with Gasteiger partial charge in [0.15, 0.2) is 12.4 Å². The van der Waals surface area contributed by atoms with Crippen molar-refractivity contribution in [3.8, 4) is 0 Å². The van der Waals surface area contributed by atoms with E-state index in [1.165, 1.54) is 17.6 Å². The zero-order valence-electron chi connectivity index (χ0n) is 23.1. The molecule has 0 bridgehead atoms. The molecule has 0 aromatic heterocycles. The third-order valence-electron chi connectivity index (χ3n) is 11.2. The monoisotopic (exact) mass is 530 g/mol. The van der Waals surface area contributed by atoms with E-state index < -0.39 is 29.6 Å². The highest BCUT2D eigenvalue weighted by Gasteiger charge is 2.65. The maximum atomic E-state index is 12.7. The average Bonchev–Trinajstić information content (AvgIpc) is 3.41. The number of allylic oxidation sites excluding steroid dienone is 2. The second-order valence-electron chi connectivity index (χ2n) is 12.7. The maximum absolute atomic E-state index is 12.7. The number of carbonyl (C=O) groups excluding carboxylic acids is 3. The van der Waals surface area contributed by atoms with Crippen molar-refractivity contribution in [2.75, 3.05) is 20.3 Å². The van der Waals surface area contributed by atoms with Gasteiger partial charge in [0.1, 0.15) is 11.6 Å². The van der Waals surface area contributed by atoms with Gasteiger partial charge < -0.3 is 24.7 Å². The molecule has 3 saturated carbocycles. The Morgan fingerprint density at radius 3 is 2.55 bits per heavy atom. The number of methoxy groups -OCH3 is 1. The summed E-state index contributed by atoms with van der Waals surface area (Å²) in [6.45, 7) is 5.85. The van der Waals surface area contributed by atoms with E-state index in [2.05, 4.69) is 25.1 Å². The van der Waals surface area contributed by atoms with Crippen LogP contribution >= 0.6 is 0 Å². The zero-order valence-corrected chi connectivity index (χ0v) is 23.1. The van der Waals surface area contributed by atoms with Crippen LogP contribution in [0.4, 0.5) is 0 Å². The predicted molar refractivity (Wildman–Crippen MR) is 139 cm³/mol. The van der Waals surface area contributed by atoms with Crippen molar-refractivity contribution in [2.45, 2.75) is 96.3 Å². The van der Waals surface area contributed by atoms with Gasteiger partial charge in [-0.25, -0.2) is 4.79 Å². The Labute approximate surface area is 224 Å². The molecule has 4 fully saturated rings. The average molecular weight is 531 g/mol. The van der Waals surface area contributed by atoms with Gasteiger partial charge in [0.2, 0.25) is 0 Å². The number of likely N-dealkylation sites (tertiary alicyclic amines) is 1. The van der Waals surface area contributed by atoms with Gasteiger partial charge in [-0.3, -0.25) is 9.59 Å². The molecular formula is C29H42N2O7. The first-order valence-corrected chi connectivity index (χ1v) is 14.1.